The van der Waals surface area contributed by atoms with Crippen LogP contribution in [0.2, 0.25) is 0 Å². The maximum Gasteiger partial charge on any atom is 0.335 e. The quantitative estimate of drug-likeness (QED) is 0.0586. The van der Waals surface area contributed by atoms with Crippen LogP contribution in [0.3, 0.4) is 0 Å². The minimum Gasteiger partial charge on any atom is -0.479 e. The molecule has 77 heavy (non-hydrogen) atoms. The number of aliphatic hydroxyl groups excluding tert-OH is 13. The van der Waals surface area contributed by atoms with E-state index in [1.807, 2.05) is 13.8 Å². The maximum atomic E-state index is 14.7. The lowest BCUT2D eigenvalue weighted by molar-refractivity contribution is -0.381. The van der Waals surface area contributed by atoms with Gasteiger partial charge in [-0.25, -0.2) is 4.79 Å². The highest BCUT2D eigenvalue weighted by molar-refractivity contribution is 5.79. The van der Waals surface area contributed by atoms with Crippen LogP contribution in [0.15, 0.2) is 11.6 Å². The second kappa shape index (κ2) is 21.3. The van der Waals surface area contributed by atoms with Crippen molar-refractivity contribution in [1.29, 1.82) is 0 Å². The number of carbonyl (C=O) groups is 2. The Labute approximate surface area is 446 Å². The fourth-order valence-corrected chi connectivity index (χ4v) is 16.4. The van der Waals surface area contributed by atoms with Crippen molar-refractivity contribution in [3.63, 3.8) is 0 Å². The molecule has 0 bridgehead atoms. The van der Waals surface area contributed by atoms with Gasteiger partial charge in [0.05, 0.1) is 37.4 Å². The molecule has 9 aliphatic rings. The summed E-state index contributed by atoms with van der Waals surface area (Å²) in [7, 11) is 0. The summed E-state index contributed by atoms with van der Waals surface area (Å²) in [5.41, 5.74) is -2.15. The number of carbonyl (C=O) groups excluding carboxylic acids is 1. The van der Waals surface area contributed by atoms with Gasteiger partial charge in [0.1, 0.15) is 85.5 Å². The zero-order chi connectivity index (χ0) is 56.4. The summed E-state index contributed by atoms with van der Waals surface area (Å²) in [6.07, 6.45) is -28.6. The van der Waals surface area contributed by atoms with E-state index in [2.05, 4.69) is 40.7 Å². The first-order valence-electron chi connectivity index (χ1n) is 27.3. The Kier molecular flexibility index (Phi) is 16.4. The third-order valence-electron chi connectivity index (χ3n) is 20.9. The molecule has 4 aliphatic heterocycles. The van der Waals surface area contributed by atoms with Crippen LogP contribution in [0.1, 0.15) is 106 Å². The van der Waals surface area contributed by atoms with E-state index in [0.29, 0.717) is 38.5 Å². The van der Waals surface area contributed by atoms with Gasteiger partial charge in [-0.1, -0.05) is 60.1 Å². The molecule has 0 spiro atoms. The van der Waals surface area contributed by atoms with Gasteiger partial charge < -0.3 is 109 Å². The normalized spacial score (nSPS) is 53.4. The number of aliphatic hydroxyl groups is 13. The molecule has 8 fully saturated rings. The average molecular weight is 1110 g/mol. The van der Waals surface area contributed by atoms with Crippen molar-refractivity contribution < 1.29 is 119 Å². The Morgan fingerprint density at radius 3 is 1.83 bits per heavy atom. The Morgan fingerprint density at radius 1 is 0.597 bits per heavy atom. The number of hydrogen-bond acceptors (Lipinski definition) is 23. The molecule has 0 aromatic heterocycles. The van der Waals surface area contributed by atoms with Crippen molar-refractivity contribution in [2.45, 2.75) is 235 Å². The van der Waals surface area contributed by atoms with Crippen LogP contribution in [0.25, 0.3) is 0 Å². The van der Waals surface area contributed by atoms with E-state index in [1.54, 1.807) is 0 Å². The fourth-order valence-electron chi connectivity index (χ4n) is 16.4. The maximum absolute atomic E-state index is 14.7. The lowest BCUT2D eigenvalue weighted by Crippen LogP contribution is -2.69. The molecule has 0 unspecified atom stereocenters. The van der Waals surface area contributed by atoms with Crippen LogP contribution in [0, 0.1) is 50.2 Å². The van der Waals surface area contributed by atoms with Crippen molar-refractivity contribution in [2.75, 3.05) is 19.8 Å². The number of aliphatic carboxylic acids is 1. The van der Waals surface area contributed by atoms with Crippen molar-refractivity contribution >= 4 is 11.9 Å². The largest absolute Gasteiger partial charge is 0.479 e. The van der Waals surface area contributed by atoms with Crippen molar-refractivity contribution in [2.24, 2.45) is 50.2 Å². The number of hydrogen-bond donors (Lipinski definition) is 14. The van der Waals surface area contributed by atoms with E-state index in [9.17, 15) is 81.1 Å². The topological polar surface area (TPSA) is 391 Å². The molecule has 0 aromatic rings. The number of esters is 1. The number of fused-ring (bicyclic) bond motifs is 7. The van der Waals surface area contributed by atoms with Gasteiger partial charge in [-0.3, -0.25) is 4.79 Å². The predicted octanol–water partition coefficient (Wildman–Crippen LogP) is -2.33. The second-order valence-corrected chi connectivity index (χ2v) is 26.0. The summed E-state index contributed by atoms with van der Waals surface area (Å²) in [5.74, 6) is -2.60. The second-order valence-electron chi connectivity index (χ2n) is 26.0. The molecule has 0 radical (unpaired) electrons. The van der Waals surface area contributed by atoms with E-state index in [-0.39, 0.29) is 35.0 Å². The van der Waals surface area contributed by atoms with E-state index < -0.39 is 182 Å². The molecule has 5 aliphatic carbocycles. The van der Waals surface area contributed by atoms with Gasteiger partial charge in [0.25, 0.3) is 0 Å². The summed E-state index contributed by atoms with van der Waals surface area (Å²) in [6, 6.07) is 0. The minimum absolute atomic E-state index is 0.00368. The molecule has 0 amide bonds. The van der Waals surface area contributed by atoms with Gasteiger partial charge in [0.2, 0.25) is 6.29 Å². The van der Waals surface area contributed by atoms with E-state index in [4.69, 9.17) is 37.9 Å². The molecule has 4 saturated heterocycles. The first kappa shape index (κ1) is 59.5. The predicted molar refractivity (Wildman–Crippen MR) is 259 cm³/mol. The molecule has 4 saturated carbocycles. The van der Waals surface area contributed by atoms with Crippen molar-refractivity contribution in [3.8, 4) is 0 Å². The number of allylic oxidation sites excluding steroid dienone is 2. The van der Waals surface area contributed by atoms with Crippen LogP contribution in [0.5, 0.6) is 0 Å². The lowest BCUT2D eigenvalue weighted by Gasteiger charge is -2.71. The number of rotatable bonds is 11. The van der Waals surface area contributed by atoms with E-state index in [1.165, 1.54) is 5.57 Å². The van der Waals surface area contributed by atoms with Gasteiger partial charge in [-0.2, -0.15) is 0 Å². The zero-order valence-corrected chi connectivity index (χ0v) is 44.8. The fraction of sp³-hybridized carbons (Fsp3) is 0.925. The molecular formula is C53H84O24. The molecular weight excluding hydrogens is 1020 g/mol. The van der Waals surface area contributed by atoms with Crippen molar-refractivity contribution in [1.82, 2.24) is 0 Å². The van der Waals surface area contributed by atoms with E-state index in [0.717, 1.165) is 12.8 Å². The molecule has 9 rings (SSSR count). The molecule has 28 atom stereocenters. The van der Waals surface area contributed by atoms with Gasteiger partial charge in [0.15, 0.2) is 25.0 Å². The molecule has 24 heteroatoms. The van der Waals surface area contributed by atoms with Crippen molar-refractivity contribution in [3.05, 3.63) is 11.6 Å². The standard InChI is InChI=1S/C53H84O24/c1-48(2)12-14-53(47(69)77-44-34(63)32(61)30(59)25(18-54)71-44)15-13-51(6)21(22(53)16-48)8-9-28-50(5)17-23(56)41(49(3,4)27(50)10-11-52(28,51)7)76-46-37(66)39(35(64)40(75-46)42(67)68)74-45-36(65)38(31(60)26(19-55)72-45)73-43-33(62)29(58)24(57)20-70-43/h8,22-41,43-46,54-66H,9-20H2,1-7H3,(H,67,68)/t22-,23-,24+,25+,26+,27-,28+,29-,30+,31-,32-,33+,34+,35-,36+,37+,38-,39-,40-,41-,43-,44-,45-,46-,50-,51+,52+,53-/m0/s1. The van der Waals surface area contributed by atoms with Gasteiger partial charge in [0, 0.05) is 0 Å². The van der Waals surface area contributed by atoms with E-state index >= 15 is 0 Å². The van der Waals surface area contributed by atoms with Gasteiger partial charge in [-0.05, 0) is 103 Å². The summed E-state index contributed by atoms with van der Waals surface area (Å²) >= 11 is 0. The average Bonchev–Trinajstić information content (AvgIpc) is 3.44. The number of carboxylic acid groups (broad SMARTS) is 1. The molecule has 440 valence electrons. The number of ether oxygens (including phenoxy) is 8. The number of carboxylic acids is 1. The molecule has 24 nitrogen and oxygen atoms in total. The summed E-state index contributed by atoms with van der Waals surface area (Å²) < 4.78 is 46.4. The Bertz CT molecular complexity index is 2180. The van der Waals surface area contributed by atoms with Crippen LogP contribution < -0.4 is 0 Å². The lowest BCUT2D eigenvalue weighted by atomic mass is 9.33. The third kappa shape index (κ3) is 9.65. The Balaban J connectivity index is 0.945. The van der Waals surface area contributed by atoms with Crippen LogP contribution in [-0.2, 0) is 47.5 Å². The summed E-state index contributed by atoms with van der Waals surface area (Å²) in [4.78, 5) is 27.4. The summed E-state index contributed by atoms with van der Waals surface area (Å²) in [5, 5.41) is 151. The Hall–Kier alpha value is -2.12. The van der Waals surface area contributed by atoms with Crippen LogP contribution >= 0.6 is 0 Å². The minimum atomic E-state index is -2.14. The highest BCUT2D eigenvalue weighted by Gasteiger charge is 2.71. The van der Waals surface area contributed by atoms with Gasteiger partial charge in [-0.15, -0.1) is 0 Å². The smallest absolute Gasteiger partial charge is 0.335 e. The summed E-state index contributed by atoms with van der Waals surface area (Å²) in [6.45, 7) is 13.0. The zero-order valence-electron chi connectivity index (χ0n) is 44.8. The molecule has 4 heterocycles. The van der Waals surface area contributed by atoms with Crippen LogP contribution in [0.4, 0.5) is 0 Å². The highest BCUT2D eigenvalue weighted by Crippen LogP contribution is 2.76. The van der Waals surface area contributed by atoms with Gasteiger partial charge >= 0.3 is 11.9 Å². The molecule has 0 aromatic carbocycles. The SMILES string of the molecule is CC1(C)CC[C@]2(C(=O)O[C@@H]3O[C@H](CO)[C@@H](O)[C@H](O)[C@H]3O)CC[C@]3(C)C(=CC[C@@H]4[C@@]5(C)C[C@H](O)[C@H](O[C@@H]6O[C@H](C(=O)O)[C@@H](O)[C@H](O[C@@H]7O[C@H](CO)[C@H](O)[C@H](O[C@@H]8OC[C@@H](O)[C@H](O)[C@H]8O)[C@H]7O)[C@H]6O)C(C)(C)[C@@H]5CC[C@]43C)[C@@H]2C1. The Morgan fingerprint density at radius 2 is 1.18 bits per heavy atom. The highest BCUT2D eigenvalue weighted by atomic mass is 16.8. The first-order chi connectivity index (χ1) is 35.9. The monoisotopic (exact) mass is 1100 g/mol. The first-order valence-corrected chi connectivity index (χ1v) is 27.3. The molecule has 14 N–H and O–H groups in total. The van der Waals surface area contributed by atoms with Crippen LogP contribution in [-0.4, -0.2) is 232 Å². The third-order valence-corrected chi connectivity index (χ3v) is 20.9.